The van der Waals surface area contributed by atoms with Crippen LogP contribution in [0.4, 0.5) is 5.69 Å². The fourth-order valence-electron chi connectivity index (χ4n) is 2.17. The number of anilines is 1. The smallest absolute Gasteiger partial charge is 0.234 e. The Bertz CT molecular complexity index is 923. The Kier molecular flexibility index (Phi) is 6.18. The molecule has 3 aromatic rings. The summed E-state index contributed by atoms with van der Waals surface area (Å²) in [7, 11) is 0. The van der Waals surface area contributed by atoms with Gasteiger partial charge in [-0.1, -0.05) is 29.4 Å². The summed E-state index contributed by atoms with van der Waals surface area (Å²) in [5.74, 6) is 1.22. The standard InChI is InChI=1S/C17H14BrClN4O2S/c1-2-9-23-16(13-7-8-14(18)25-13)21-22-17(23)26-10-15(24)20-12-5-3-11(19)4-6-12/h2-8H,1,9-10H2,(H,20,24). The van der Waals surface area contributed by atoms with E-state index in [-0.39, 0.29) is 11.7 Å². The fraction of sp³-hybridized carbons (Fsp3) is 0.118. The summed E-state index contributed by atoms with van der Waals surface area (Å²) in [5, 5.41) is 12.4. The van der Waals surface area contributed by atoms with E-state index in [2.05, 4.69) is 38.0 Å². The summed E-state index contributed by atoms with van der Waals surface area (Å²) in [6.07, 6.45) is 1.74. The molecule has 0 unspecified atom stereocenters. The number of halogens is 2. The monoisotopic (exact) mass is 452 g/mol. The van der Waals surface area contributed by atoms with E-state index in [1.54, 1.807) is 42.5 Å². The number of rotatable bonds is 7. The van der Waals surface area contributed by atoms with Gasteiger partial charge in [-0.15, -0.1) is 16.8 Å². The molecule has 1 amide bonds. The first kappa shape index (κ1) is 18.8. The number of benzene rings is 1. The maximum absolute atomic E-state index is 12.2. The van der Waals surface area contributed by atoms with Crippen LogP contribution >= 0.6 is 39.3 Å². The van der Waals surface area contributed by atoms with Crippen LogP contribution in [0.25, 0.3) is 11.6 Å². The third kappa shape index (κ3) is 4.57. The molecule has 0 spiro atoms. The van der Waals surface area contributed by atoms with Gasteiger partial charge in [0, 0.05) is 17.3 Å². The Morgan fingerprint density at radius 1 is 1.31 bits per heavy atom. The number of furan rings is 1. The fourth-order valence-corrected chi connectivity index (χ4v) is 3.35. The van der Waals surface area contributed by atoms with Gasteiger partial charge in [-0.05, 0) is 52.3 Å². The Morgan fingerprint density at radius 2 is 2.08 bits per heavy atom. The second kappa shape index (κ2) is 8.57. The number of aromatic nitrogens is 3. The summed E-state index contributed by atoms with van der Waals surface area (Å²) in [4.78, 5) is 12.2. The van der Waals surface area contributed by atoms with Gasteiger partial charge >= 0.3 is 0 Å². The summed E-state index contributed by atoms with van der Waals surface area (Å²) in [6, 6.07) is 10.5. The topological polar surface area (TPSA) is 73.0 Å². The molecule has 1 aromatic carbocycles. The predicted octanol–water partition coefficient (Wildman–Crippen LogP) is 4.87. The van der Waals surface area contributed by atoms with Gasteiger partial charge in [0.05, 0.1) is 5.75 Å². The summed E-state index contributed by atoms with van der Waals surface area (Å²) >= 11 is 10.4. The number of hydrogen-bond acceptors (Lipinski definition) is 5. The second-order valence-corrected chi connectivity index (χ2v) is 7.31. The lowest BCUT2D eigenvalue weighted by Gasteiger charge is -2.07. The minimum absolute atomic E-state index is 0.146. The van der Waals surface area contributed by atoms with Crippen molar-refractivity contribution in [2.24, 2.45) is 0 Å². The molecule has 2 heterocycles. The van der Waals surface area contributed by atoms with Crippen molar-refractivity contribution in [3.05, 3.63) is 58.7 Å². The highest BCUT2D eigenvalue weighted by Crippen LogP contribution is 2.27. The van der Waals surface area contributed by atoms with E-state index in [1.807, 2.05) is 4.57 Å². The zero-order valence-electron chi connectivity index (χ0n) is 13.5. The number of carbonyl (C=O) groups excluding carboxylic acids is 1. The lowest BCUT2D eigenvalue weighted by atomic mass is 10.3. The van der Waals surface area contributed by atoms with E-state index in [0.29, 0.717) is 38.7 Å². The lowest BCUT2D eigenvalue weighted by Crippen LogP contribution is -2.14. The van der Waals surface area contributed by atoms with Crippen molar-refractivity contribution >= 4 is 50.9 Å². The number of carbonyl (C=O) groups is 1. The minimum atomic E-state index is -0.146. The van der Waals surface area contributed by atoms with Gasteiger partial charge < -0.3 is 9.73 Å². The maximum atomic E-state index is 12.2. The van der Waals surface area contributed by atoms with Crippen LogP contribution in [0.5, 0.6) is 0 Å². The molecular weight excluding hydrogens is 440 g/mol. The molecular formula is C17H14BrClN4O2S. The van der Waals surface area contributed by atoms with Crippen molar-refractivity contribution in [1.82, 2.24) is 14.8 Å². The summed E-state index contributed by atoms with van der Waals surface area (Å²) < 4.78 is 8.00. The largest absolute Gasteiger partial charge is 0.446 e. The minimum Gasteiger partial charge on any atom is -0.446 e. The van der Waals surface area contributed by atoms with Gasteiger partial charge in [0.25, 0.3) is 0 Å². The molecule has 0 aliphatic carbocycles. The van der Waals surface area contributed by atoms with Crippen molar-refractivity contribution in [2.45, 2.75) is 11.7 Å². The number of nitrogens with zero attached hydrogens (tertiary/aromatic N) is 3. The third-order valence-corrected chi connectivity index (χ3v) is 4.93. The van der Waals surface area contributed by atoms with Crippen molar-refractivity contribution in [3.8, 4) is 11.6 Å². The average Bonchev–Trinajstić information content (AvgIpc) is 3.22. The van der Waals surface area contributed by atoms with Crippen LogP contribution in [0.3, 0.4) is 0 Å². The SMILES string of the molecule is C=CCn1c(SCC(=O)Nc2ccc(Cl)cc2)nnc1-c1ccc(Br)o1. The lowest BCUT2D eigenvalue weighted by molar-refractivity contribution is -0.113. The molecule has 0 aliphatic rings. The van der Waals surface area contributed by atoms with Gasteiger partial charge in [0.15, 0.2) is 15.6 Å². The van der Waals surface area contributed by atoms with Crippen LogP contribution in [0.15, 0.2) is 63.3 Å². The highest BCUT2D eigenvalue weighted by atomic mass is 79.9. The number of thioether (sulfide) groups is 1. The van der Waals surface area contributed by atoms with E-state index in [1.165, 1.54) is 11.8 Å². The predicted molar refractivity (Wildman–Crippen MR) is 106 cm³/mol. The second-order valence-electron chi connectivity index (χ2n) is 5.15. The summed E-state index contributed by atoms with van der Waals surface area (Å²) in [6.45, 7) is 4.26. The van der Waals surface area contributed by atoms with Crippen LogP contribution in [0.1, 0.15) is 0 Å². The Morgan fingerprint density at radius 3 is 2.73 bits per heavy atom. The Labute approximate surface area is 167 Å². The molecule has 3 rings (SSSR count). The molecule has 0 fully saturated rings. The third-order valence-electron chi connectivity index (χ3n) is 3.28. The van der Waals surface area contributed by atoms with Gasteiger partial charge in [-0.2, -0.15) is 0 Å². The van der Waals surface area contributed by atoms with E-state index < -0.39 is 0 Å². The van der Waals surface area contributed by atoms with Gasteiger partial charge in [-0.25, -0.2) is 0 Å². The van der Waals surface area contributed by atoms with Crippen LogP contribution in [0.2, 0.25) is 5.02 Å². The first-order valence-electron chi connectivity index (χ1n) is 7.55. The van der Waals surface area contributed by atoms with Gasteiger partial charge in [0.2, 0.25) is 11.7 Å². The molecule has 134 valence electrons. The van der Waals surface area contributed by atoms with E-state index in [0.717, 1.165) is 0 Å². The molecule has 0 bridgehead atoms. The highest BCUT2D eigenvalue weighted by Gasteiger charge is 2.17. The quantitative estimate of drug-likeness (QED) is 0.408. The van der Waals surface area contributed by atoms with Gasteiger partial charge in [-0.3, -0.25) is 9.36 Å². The van der Waals surface area contributed by atoms with Crippen LogP contribution in [0, 0.1) is 0 Å². The molecule has 0 saturated carbocycles. The van der Waals surface area contributed by atoms with E-state index >= 15 is 0 Å². The first-order valence-corrected chi connectivity index (χ1v) is 9.70. The molecule has 0 aliphatic heterocycles. The Balaban J connectivity index is 1.69. The maximum Gasteiger partial charge on any atom is 0.234 e. The van der Waals surface area contributed by atoms with Crippen molar-refractivity contribution < 1.29 is 9.21 Å². The number of amides is 1. The zero-order chi connectivity index (χ0) is 18.5. The van der Waals surface area contributed by atoms with Crippen LogP contribution in [-0.2, 0) is 11.3 Å². The molecule has 1 N–H and O–H groups in total. The van der Waals surface area contributed by atoms with Crippen molar-refractivity contribution in [2.75, 3.05) is 11.1 Å². The average molecular weight is 454 g/mol. The Hall–Kier alpha value is -2.03. The van der Waals surface area contributed by atoms with Gasteiger partial charge in [0.1, 0.15) is 0 Å². The molecule has 0 radical (unpaired) electrons. The first-order chi connectivity index (χ1) is 12.6. The van der Waals surface area contributed by atoms with Crippen LogP contribution in [-0.4, -0.2) is 26.4 Å². The van der Waals surface area contributed by atoms with Crippen molar-refractivity contribution in [1.29, 1.82) is 0 Å². The molecule has 9 heteroatoms. The number of nitrogens with one attached hydrogen (secondary N) is 1. The highest BCUT2D eigenvalue weighted by molar-refractivity contribution is 9.10. The molecule has 0 saturated heterocycles. The molecule has 6 nitrogen and oxygen atoms in total. The van der Waals surface area contributed by atoms with Crippen LogP contribution < -0.4 is 5.32 Å². The molecule has 26 heavy (non-hydrogen) atoms. The van der Waals surface area contributed by atoms with E-state index in [9.17, 15) is 4.79 Å². The molecule has 2 aromatic heterocycles. The normalized spacial score (nSPS) is 10.7. The zero-order valence-corrected chi connectivity index (χ0v) is 16.6. The number of hydrogen-bond donors (Lipinski definition) is 1. The molecule has 0 atom stereocenters. The van der Waals surface area contributed by atoms with Crippen molar-refractivity contribution in [3.63, 3.8) is 0 Å². The van der Waals surface area contributed by atoms with E-state index in [4.69, 9.17) is 16.0 Å². The number of allylic oxidation sites excluding steroid dienone is 1. The summed E-state index contributed by atoms with van der Waals surface area (Å²) in [5.41, 5.74) is 0.689.